The van der Waals surface area contributed by atoms with Gasteiger partial charge < -0.3 is 9.97 Å². The lowest BCUT2D eigenvalue weighted by Gasteiger charge is -1.85. The standard InChI is InChI=1S/C9H7N5/c1-2-6-7(10-3-1)14-9(13-6)8-11-4-5-12-8/h1-5H,(H,11,12)(H,10,13,14). The van der Waals surface area contributed by atoms with Crippen molar-refractivity contribution in [3.8, 4) is 11.6 Å². The monoisotopic (exact) mass is 185 g/mol. The molecule has 0 bridgehead atoms. The van der Waals surface area contributed by atoms with Crippen LogP contribution < -0.4 is 0 Å². The van der Waals surface area contributed by atoms with E-state index in [1.807, 2.05) is 12.1 Å². The fraction of sp³-hybridized carbons (Fsp3) is 0. The molecule has 68 valence electrons. The Balaban J connectivity index is 2.24. The molecule has 0 radical (unpaired) electrons. The maximum absolute atomic E-state index is 4.29. The van der Waals surface area contributed by atoms with Crippen LogP contribution in [0.3, 0.4) is 0 Å². The number of H-pyrrole nitrogens is 2. The molecule has 0 amide bonds. The Morgan fingerprint density at radius 2 is 2.07 bits per heavy atom. The second-order valence-electron chi connectivity index (χ2n) is 2.90. The zero-order valence-corrected chi connectivity index (χ0v) is 7.23. The molecule has 3 rings (SSSR count). The minimum Gasteiger partial charge on any atom is -0.342 e. The summed E-state index contributed by atoms with van der Waals surface area (Å²) in [6, 6.07) is 3.80. The van der Waals surface area contributed by atoms with E-state index in [4.69, 9.17) is 0 Å². The van der Waals surface area contributed by atoms with Crippen LogP contribution in [0.2, 0.25) is 0 Å². The number of aromatic amines is 2. The molecule has 0 unspecified atom stereocenters. The van der Waals surface area contributed by atoms with Gasteiger partial charge in [-0.2, -0.15) is 0 Å². The van der Waals surface area contributed by atoms with Crippen LogP contribution in [0.25, 0.3) is 22.8 Å². The van der Waals surface area contributed by atoms with Gasteiger partial charge in [-0.3, -0.25) is 0 Å². The van der Waals surface area contributed by atoms with Gasteiger partial charge in [0.05, 0.1) is 5.52 Å². The van der Waals surface area contributed by atoms with Gasteiger partial charge in [0, 0.05) is 18.6 Å². The van der Waals surface area contributed by atoms with Crippen molar-refractivity contribution in [1.82, 2.24) is 24.9 Å². The van der Waals surface area contributed by atoms with Gasteiger partial charge in [-0.15, -0.1) is 0 Å². The molecule has 5 heteroatoms. The molecule has 0 saturated carbocycles. The number of nitrogens with one attached hydrogen (secondary N) is 2. The van der Waals surface area contributed by atoms with E-state index in [-0.39, 0.29) is 0 Å². The van der Waals surface area contributed by atoms with E-state index >= 15 is 0 Å². The van der Waals surface area contributed by atoms with Gasteiger partial charge in [0.2, 0.25) is 0 Å². The molecule has 0 atom stereocenters. The summed E-state index contributed by atoms with van der Waals surface area (Å²) < 4.78 is 0. The van der Waals surface area contributed by atoms with Gasteiger partial charge in [-0.05, 0) is 12.1 Å². The Morgan fingerprint density at radius 1 is 1.07 bits per heavy atom. The van der Waals surface area contributed by atoms with E-state index in [1.165, 1.54) is 0 Å². The van der Waals surface area contributed by atoms with Gasteiger partial charge >= 0.3 is 0 Å². The Bertz CT molecular complexity index is 518. The first-order valence-electron chi connectivity index (χ1n) is 4.24. The van der Waals surface area contributed by atoms with E-state index in [0.717, 1.165) is 11.3 Å². The van der Waals surface area contributed by atoms with Crippen molar-refractivity contribution in [3.05, 3.63) is 30.7 Å². The highest BCUT2D eigenvalue weighted by Crippen LogP contribution is 2.14. The van der Waals surface area contributed by atoms with E-state index in [9.17, 15) is 0 Å². The molecule has 3 aromatic heterocycles. The van der Waals surface area contributed by atoms with Crippen molar-refractivity contribution < 1.29 is 0 Å². The summed E-state index contributed by atoms with van der Waals surface area (Å²) in [5.41, 5.74) is 1.62. The second-order valence-corrected chi connectivity index (χ2v) is 2.90. The van der Waals surface area contributed by atoms with Crippen LogP contribution in [-0.4, -0.2) is 24.9 Å². The third kappa shape index (κ3) is 0.990. The Labute approximate surface area is 79.2 Å². The van der Waals surface area contributed by atoms with Crippen molar-refractivity contribution >= 4 is 11.2 Å². The predicted molar refractivity (Wildman–Crippen MR) is 51.5 cm³/mol. The topological polar surface area (TPSA) is 70.2 Å². The van der Waals surface area contributed by atoms with Crippen molar-refractivity contribution in [3.63, 3.8) is 0 Å². The number of imidazole rings is 2. The lowest BCUT2D eigenvalue weighted by Crippen LogP contribution is -1.81. The lowest BCUT2D eigenvalue weighted by atomic mass is 10.4. The highest BCUT2D eigenvalue weighted by atomic mass is 15.0. The molecule has 2 N–H and O–H groups in total. The van der Waals surface area contributed by atoms with E-state index in [2.05, 4.69) is 24.9 Å². The summed E-state index contributed by atoms with van der Waals surface area (Å²) in [4.78, 5) is 18.6. The molecule has 0 aromatic carbocycles. The Kier molecular flexibility index (Phi) is 1.38. The number of aromatic nitrogens is 5. The molecule has 5 nitrogen and oxygen atoms in total. The molecular formula is C9H7N5. The maximum atomic E-state index is 4.29. The normalized spacial score (nSPS) is 10.9. The van der Waals surface area contributed by atoms with E-state index in [0.29, 0.717) is 11.5 Å². The van der Waals surface area contributed by atoms with Crippen LogP contribution in [0.15, 0.2) is 30.7 Å². The van der Waals surface area contributed by atoms with Gasteiger partial charge in [-0.1, -0.05) is 0 Å². The number of fused-ring (bicyclic) bond motifs is 1. The molecule has 0 fully saturated rings. The van der Waals surface area contributed by atoms with Crippen LogP contribution >= 0.6 is 0 Å². The molecular weight excluding hydrogens is 178 g/mol. The third-order valence-corrected chi connectivity index (χ3v) is 1.98. The van der Waals surface area contributed by atoms with Gasteiger partial charge in [-0.25, -0.2) is 15.0 Å². The summed E-state index contributed by atoms with van der Waals surface area (Å²) in [6.07, 6.45) is 5.17. The molecule has 3 heterocycles. The summed E-state index contributed by atoms with van der Waals surface area (Å²) in [5, 5.41) is 0. The first kappa shape index (κ1) is 7.25. The summed E-state index contributed by atoms with van der Waals surface area (Å²) in [5.74, 6) is 1.44. The largest absolute Gasteiger partial charge is 0.342 e. The minimum atomic E-state index is 0.707. The first-order chi connectivity index (χ1) is 6.93. The SMILES string of the molecule is c1cnc2nc(-c3ncc[nH]3)[nH]c2c1. The quantitative estimate of drug-likeness (QED) is 0.601. The molecule has 0 saturated heterocycles. The highest BCUT2D eigenvalue weighted by molar-refractivity contribution is 5.73. The van der Waals surface area contributed by atoms with Crippen molar-refractivity contribution in [2.75, 3.05) is 0 Å². The van der Waals surface area contributed by atoms with Gasteiger partial charge in [0.15, 0.2) is 17.3 Å². The predicted octanol–water partition coefficient (Wildman–Crippen LogP) is 1.35. The summed E-state index contributed by atoms with van der Waals surface area (Å²) >= 11 is 0. The summed E-state index contributed by atoms with van der Waals surface area (Å²) in [6.45, 7) is 0. The van der Waals surface area contributed by atoms with Crippen LogP contribution in [0.5, 0.6) is 0 Å². The second kappa shape index (κ2) is 2.66. The number of rotatable bonds is 1. The zero-order valence-electron chi connectivity index (χ0n) is 7.23. The number of pyridine rings is 1. The molecule has 14 heavy (non-hydrogen) atoms. The highest BCUT2D eigenvalue weighted by Gasteiger charge is 2.06. The van der Waals surface area contributed by atoms with Crippen LogP contribution in [-0.2, 0) is 0 Å². The van der Waals surface area contributed by atoms with Crippen molar-refractivity contribution in [1.29, 1.82) is 0 Å². The smallest absolute Gasteiger partial charge is 0.178 e. The van der Waals surface area contributed by atoms with E-state index in [1.54, 1.807) is 18.6 Å². The average molecular weight is 185 g/mol. The van der Waals surface area contributed by atoms with Gasteiger partial charge in [0.25, 0.3) is 0 Å². The number of nitrogens with zero attached hydrogens (tertiary/aromatic N) is 3. The lowest BCUT2D eigenvalue weighted by molar-refractivity contribution is 1.20. The Morgan fingerprint density at radius 3 is 2.86 bits per heavy atom. The third-order valence-electron chi connectivity index (χ3n) is 1.98. The van der Waals surface area contributed by atoms with Crippen molar-refractivity contribution in [2.45, 2.75) is 0 Å². The minimum absolute atomic E-state index is 0.707. The molecule has 0 spiro atoms. The fourth-order valence-corrected chi connectivity index (χ4v) is 1.35. The average Bonchev–Trinajstić information content (AvgIpc) is 2.86. The van der Waals surface area contributed by atoms with Crippen molar-refractivity contribution in [2.24, 2.45) is 0 Å². The number of hydrogen-bond acceptors (Lipinski definition) is 3. The molecule has 0 aliphatic carbocycles. The summed E-state index contributed by atoms with van der Waals surface area (Å²) in [7, 11) is 0. The van der Waals surface area contributed by atoms with Crippen LogP contribution in [0, 0.1) is 0 Å². The van der Waals surface area contributed by atoms with E-state index < -0.39 is 0 Å². The Hall–Kier alpha value is -2.17. The molecule has 3 aromatic rings. The fourth-order valence-electron chi connectivity index (χ4n) is 1.35. The molecule has 0 aliphatic rings. The van der Waals surface area contributed by atoms with Gasteiger partial charge in [0.1, 0.15) is 0 Å². The molecule has 0 aliphatic heterocycles. The first-order valence-corrected chi connectivity index (χ1v) is 4.24. The van der Waals surface area contributed by atoms with Crippen LogP contribution in [0.4, 0.5) is 0 Å². The zero-order chi connectivity index (χ0) is 9.38. The number of hydrogen-bond donors (Lipinski definition) is 2. The van der Waals surface area contributed by atoms with Crippen LogP contribution in [0.1, 0.15) is 0 Å². The maximum Gasteiger partial charge on any atom is 0.178 e.